The Hall–Kier alpha value is -2.86. The van der Waals surface area contributed by atoms with Crippen molar-refractivity contribution in [1.29, 1.82) is 0 Å². The third kappa shape index (κ3) is 3.28. The van der Waals surface area contributed by atoms with Gasteiger partial charge in [-0.3, -0.25) is 13.5 Å². The Kier molecular flexibility index (Phi) is 4.58. The molecule has 0 aliphatic heterocycles. The smallest absolute Gasteiger partial charge is 0.268 e. The standard InChI is InChI=1S/C20H19N3O2S/c24-19(10-12-23-20(25)16-6-2-4-8-18(16)26-23)21-11-9-14-13-22-17-7-3-1-5-15(14)17/h1-8,13,22H,9-12H2,(H,21,24). The molecule has 0 saturated heterocycles. The van der Waals surface area contributed by atoms with E-state index in [4.69, 9.17) is 0 Å². The third-order valence-electron chi connectivity index (χ3n) is 4.49. The lowest BCUT2D eigenvalue weighted by molar-refractivity contribution is -0.121. The monoisotopic (exact) mass is 365 g/mol. The van der Waals surface area contributed by atoms with E-state index in [1.807, 2.05) is 48.7 Å². The molecular weight excluding hydrogens is 346 g/mol. The minimum atomic E-state index is -0.0332. The maximum Gasteiger partial charge on any atom is 0.268 e. The zero-order valence-electron chi connectivity index (χ0n) is 14.2. The quantitative estimate of drug-likeness (QED) is 0.551. The van der Waals surface area contributed by atoms with E-state index in [1.165, 1.54) is 22.5 Å². The zero-order chi connectivity index (χ0) is 17.9. The number of aromatic nitrogens is 2. The summed E-state index contributed by atoms with van der Waals surface area (Å²) in [6.45, 7) is 0.999. The molecule has 0 aliphatic rings. The molecule has 132 valence electrons. The summed E-state index contributed by atoms with van der Waals surface area (Å²) in [6, 6.07) is 15.7. The average molecular weight is 365 g/mol. The molecular formula is C20H19N3O2S. The van der Waals surface area contributed by atoms with Gasteiger partial charge in [-0.05, 0) is 30.2 Å². The van der Waals surface area contributed by atoms with E-state index in [2.05, 4.69) is 16.4 Å². The molecule has 4 aromatic rings. The van der Waals surface area contributed by atoms with Crippen molar-refractivity contribution in [2.75, 3.05) is 6.54 Å². The van der Waals surface area contributed by atoms with Crippen LogP contribution >= 0.6 is 11.5 Å². The molecule has 2 heterocycles. The number of carbonyl (C=O) groups is 1. The van der Waals surface area contributed by atoms with Gasteiger partial charge in [0.1, 0.15) is 0 Å². The van der Waals surface area contributed by atoms with Crippen LogP contribution in [-0.4, -0.2) is 21.4 Å². The largest absolute Gasteiger partial charge is 0.361 e. The molecule has 0 unspecified atom stereocenters. The maximum atomic E-state index is 12.3. The van der Waals surface area contributed by atoms with Crippen LogP contribution in [0.3, 0.4) is 0 Å². The molecule has 2 aromatic heterocycles. The molecule has 2 aromatic carbocycles. The molecule has 6 heteroatoms. The number of aryl methyl sites for hydroxylation is 1. The van der Waals surface area contributed by atoms with Crippen molar-refractivity contribution in [3.63, 3.8) is 0 Å². The first-order valence-corrected chi connectivity index (χ1v) is 9.40. The molecule has 0 spiro atoms. The fourth-order valence-electron chi connectivity index (χ4n) is 3.13. The van der Waals surface area contributed by atoms with Gasteiger partial charge in [0.25, 0.3) is 5.56 Å². The predicted octanol–water partition coefficient (Wildman–Crippen LogP) is 3.29. The first-order chi connectivity index (χ1) is 12.7. The Morgan fingerprint density at radius 2 is 1.85 bits per heavy atom. The summed E-state index contributed by atoms with van der Waals surface area (Å²) in [5.41, 5.74) is 2.29. The summed E-state index contributed by atoms with van der Waals surface area (Å²) in [5, 5.41) is 4.86. The van der Waals surface area contributed by atoms with Crippen molar-refractivity contribution in [2.24, 2.45) is 0 Å². The number of hydrogen-bond acceptors (Lipinski definition) is 3. The lowest BCUT2D eigenvalue weighted by atomic mass is 10.1. The molecule has 0 bridgehead atoms. The average Bonchev–Trinajstić information content (AvgIpc) is 3.22. The minimum absolute atomic E-state index is 0.0165. The Balaban J connectivity index is 1.31. The number of para-hydroxylation sites is 1. The first-order valence-electron chi connectivity index (χ1n) is 8.63. The highest BCUT2D eigenvalue weighted by Crippen LogP contribution is 2.18. The van der Waals surface area contributed by atoms with Gasteiger partial charge in [0.2, 0.25) is 5.91 Å². The second-order valence-corrected chi connectivity index (χ2v) is 7.27. The second-order valence-electron chi connectivity index (χ2n) is 6.20. The van der Waals surface area contributed by atoms with Crippen LogP contribution in [0.2, 0.25) is 0 Å². The van der Waals surface area contributed by atoms with Crippen LogP contribution in [0.25, 0.3) is 21.0 Å². The lowest BCUT2D eigenvalue weighted by Gasteiger charge is -2.05. The molecule has 5 nitrogen and oxygen atoms in total. The third-order valence-corrected chi connectivity index (χ3v) is 5.61. The van der Waals surface area contributed by atoms with Gasteiger partial charge in [-0.15, -0.1) is 0 Å². The van der Waals surface area contributed by atoms with Gasteiger partial charge in [-0.1, -0.05) is 41.9 Å². The number of hydrogen-bond donors (Lipinski definition) is 2. The van der Waals surface area contributed by atoms with Crippen molar-refractivity contribution in [3.8, 4) is 0 Å². The SMILES string of the molecule is O=C(CCn1sc2ccccc2c1=O)NCCc1c[nH]c2ccccc12. The Morgan fingerprint density at radius 3 is 2.69 bits per heavy atom. The fraction of sp³-hybridized carbons (Fsp3) is 0.200. The van der Waals surface area contributed by atoms with Gasteiger partial charge in [0.15, 0.2) is 0 Å². The molecule has 4 rings (SSSR count). The second kappa shape index (κ2) is 7.17. The van der Waals surface area contributed by atoms with Crippen LogP contribution < -0.4 is 10.9 Å². The van der Waals surface area contributed by atoms with Gasteiger partial charge in [-0.2, -0.15) is 0 Å². The number of aromatic amines is 1. The molecule has 0 atom stereocenters. The number of fused-ring (bicyclic) bond motifs is 2. The van der Waals surface area contributed by atoms with E-state index in [-0.39, 0.29) is 11.5 Å². The number of nitrogens with zero attached hydrogens (tertiary/aromatic N) is 1. The van der Waals surface area contributed by atoms with E-state index < -0.39 is 0 Å². The van der Waals surface area contributed by atoms with Crippen molar-refractivity contribution in [2.45, 2.75) is 19.4 Å². The summed E-state index contributed by atoms with van der Waals surface area (Å²) in [7, 11) is 0. The highest BCUT2D eigenvalue weighted by atomic mass is 32.1. The number of rotatable bonds is 6. The van der Waals surface area contributed by atoms with Crippen LogP contribution in [0.15, 0.2) is 59.5 Å². The van der Waals surface area contributed by atoms with E-state index >= 15 is 0 Å². The highest BCUT2D eigenvalue weighted by Gasteiger charge is 2.09. The molecule has 2 N–H and O–H groups in total. The highest BCUT2D eigenvalue weighted by molar-refractivity contribution is 7.13. The molecule has 0 saturated carbocycles. The maximum absolute atomic E-state index is 12.3. The van der Waals surface area contributed by atoms with E-state index in [9.17, 15) is 9.59 Å². The fourth-order valence-corrected chi connectivity index (χ4v) is 4.13. The normalized spacial score (nSPS) is 11.2. The molecule has 0 fully saturated rings. The summed E-state index contributed by atoms with van der Waals surface area (Å²) in [6.07, 6.45) is 3.08. The Bertz CT molecular complexity index is 1120. The number of benzene rings is 2. The summed E-state index contributed by atoms with van der Waals surface area (Å²) < 4.78 is 2.61. The Morgan fingerprint density at radius 1 is 1.08 bits per heavy atom. The van der Waals surface area contributed by atoms with Crippen LogP contribution in [0.4, 0.5) is 0 Å². The van der Waals surface area contributed by atoms with Crippen molar-refractivity contribution in [1.82, 2.24) is 14.3 Å². The van der Waals surface area contributed by atoms with Crippen LogP contribution in [0.5, 0.6) is 0 Å². The van der Waals surface area contributed by atoms with Gasteiger partial charge in [-0.25, -0.2) is 0 Å². The number of amides is 1. The van der Waals surface area contributed by atoms with Crippen molar-refractivity contribution >= 4 is 38.4 Å². The summed E-state index contributed by atoms with van der Waals surface area (Å²) in [4.78, 5) is 27.6. The predicted molar refractivity (Wildman–Crippen MR) is 106 cm³/mol. The van der Waals surface area contributed by atoms with Crippen molar-refractivity contribution in [3.05, 3.63) is 70.6 Å². The summed E-state index contributed by atoms with van der Waals surface area (Å²) in [5.74, 6) is -0.0332. The van der Waals surface area contributed by atoms with Gasteiger partial charge in [0, 0.05) is 36.6 Å². The first kappa shape index (κ1) is 16.6. The van der Waals surface area contributed by atoms with Crippen LogP contribution in [-0.2, 0) is 17.8 Å². The van der Waals surface area contributed by atoms with E-state index in [0.717, 1.165) is 22.0 Å². The number of nitrogens with one attached hydrogen (secondary N) is 2. The molecule has 1 amide bonds. The Labute approximate surface area is 154 Å². The van der Waals surface area contributed by atoms with Gasteiger partial charge >= 0.3 is 0 Å². The van der Waals surface area contributed by atoms with Crippen LogP contribution in [0, 0.1) is 0 Å². The zero-order valence-corrected chi connectivity index (χ0v) is 15.0. The van der Waals surface area contributed by atoms with Crippen LogP contribution in [0.1, 0.15) is 12.0 Å². The molecule has 0 aliphatic carbocycles. The molecule has 26 heavy (non-hydrogen) atoms. The van der Waals surface area contributed by atoms with Gasteiger partial charge < -0.3 is 10.3 Å². The molecule has 0 radical (unpaired) electrons. The minimum Gasteiger partial charge on any atom is -0.361 e. The number of H-pyrrole nitrogens is 1. The summed E-state index contributed by atoms with van der Waals surface area (Å²) >= 11 is 1.41. The number of carbonyl (C=O) groups excluding carboxylic acids is 1. The van der Waals surface area contributed by atoms with Crippen molar-refractivity contribution < 1.29 is 4.79 Å². The van der Waals surface area contributed by atoms with Gasteiger partial charge in [0.05, 0.1) is 10.1 Å². The van der Waals surface area contributed by atoms with E-state index in [1.54, 1.807) is 3.96 Å². The van der Waals surface area contributed by atoms with E-state index in [0.29, 0.717) is 19.5 Å². The lowest BCUT2D eigenvalue weighted by Crippen LogP contribution is -2.27. The topological polar surface area (TPSA) is 66.9 Å².